The Morgan fingerprint density at radius 1 is 1.50 bits per heavy atom. The molecule has 0 aliphatic heterocycles. The second-order valence-electron chi connectivity index (χ2n) is 5.85. The van der Waals surface area contributed by atoms with Crippen LogP contribution in [0.4, 0.5) is 0 Å². The van der Waals surface area contributed by atoms with Gasteiger partial charge in [0.05, 0.1) is 11.4 Å². The van der Waals surface area contributed by atoms with Crippen molar-refractivity contribution in [3.8, 4) is 0 Å². The van der Waals surface area contributed by atoms with Gasteiger partial charge in [0, 0.05) is 25.0 Å². The smallest absolute Gasteiger partial charge is 0.0597 e. The van der Waals surface area contributed by atoms with Crippen molar-refractivity contribution >= 4 is 11.6 Å². The number of aromatic nitrogens is 2. The summed E-state index contributed by atoms with van der Waals surface area (Å²) in [4.78, 5) is 0. The Labute approximate surface area is 115 Å². The minimum Gasteiger partial charge on any atom is -0.304 e. The lowest BCUT2D eigenvalue weighted by atomic mass is 9.78. The van der Waals surface area contributed by atoms with E-state index in [4.69, 9.17) is 11.6 Å². The van der Waals surface area contributed by atoms with Crippen molar-refractivity contribution in [2.45, 2.75) is 51.6 Å². The van der Waals surface area contributed by atoms with E-state index in [9.17, 15) is 0 Å². The van der Waals surface area contributed by atoms with Gasteiger partial charge in [-0.3, -0.25) is 4.68 Å². The Morgan fingerprint density at radius 3 is 2.67 bits per heavy atom. The average Bonchev–Trinajstić information content (AvgIpc) is 2.68. The molecule has 4 heteroatoms. The third kappa shape index (κ3) is 3.07. The number of hydrogen-bond acceptors (Lipinski definition) is 2. The largest absolute Gasteiger partial charge is 0.304 e. The van der Waals surface area contributed by atoms with Crippen LogP contribution in [0.1, 0.15) is 44.0 Å². The fourth-order valence-electron chi connectivity index (χ4n) is 2.78. The molecule has 0 spiro atoms. The third-order valence-corrected chi connectivity index (χ3v) is 4.74. The van der Waals surface area contributed by atoms with Crippen LogP contribution in [-0.4, -0.2) is 21.2 Å². The van der Waals surface area contributed by atoms with Gasteiger partial charge in [0.1, 0.15) is 0 Å². The number of nitrogens with zero attached hydrogens (tertiary/aromatic N) is 2. The summed E-state index contributed by atoms with van der Waals surface area (Å²) in [5.41, 5.74) is 2.44. The molecule has 1 heterocycles. The molecule has 1 aliphatic rings. The van der Waals surface area contributed by atoms with Gasteiger partial charge in [-0.25, -0.2) is 0 Å². The molecule has 1 saturated carbocycles. The molecule has 1 aliphatic carbocycles. The van der Waals surface area contributed by atoms with Gasteiger partial charge in [0.15, 0.2) is 0 Å². The standard InChI is InChI=1S/C14H24ClN3/c1-11-4-6-14(10-15,7-5-11)16-9-13-8-12(2)17-18(13)3/h8,11,16H,4-7,9-10H2,1-3H3. The van der Waals surface area contributed by atoms with E-state index in [0.29, 0.717) is 5.88 Å². The lowest BCUT2D eigenvalue weighted by Crippen LogP contribution is -2.49. The molecule has 1 aromatic heterocycles. The van der Waals surface area contributed by atoms with Gasteiger partial charge in [-0.1, -0.05) is 6.92 Å². The molecule has 0 unspecified atom stereocenters. The quantitative estimate of drug-likeness (QED) is 0.852. The highest BCUT2D eigenvalue weighted by Gasteiger charge is 2.32. The van der Waals surface area contributed by atoms with Crippen LogP contribution in [0.3, 0.4) is 0 Å². The predicted molar refractivity (Wildman–Crippen MR) is 75.9 cm³/mol. The molecule has 18 heavy (non-hydrogen) atoms. The molecular weight excluding hydrogens is 246 g/mol. The number of alkyl halides is 1. The first kappa shape index (κ1) is 13.9. The average molecular weight is 270 g/mol. The fraction of sp³-hybridized carbons (Fsp3) is 0.786. The number of rotatable bonds is 4. The molecule has 2 rings (SSSR count). The summed E-state index contributed by atoms with van der Waals surface area (Å²) in [6.45, 7) is 5.23. The lowest BCUT2D eigenvalue weighted by molar-refractivity contribution is 0.214. The van der Waals surface area contributed by atoms with E-state index >= 15 is 0 Å². The van der Waals surface area contributed by atoms with Crippen LogP contribution in [0.15, 0.2) is 6.07 Å². The van der Waals surface area contributed by atoms with E-state index in [1.54, 1.807) is 0 Å². The van der Waals surface area contributed by atoms with E-state index in [1.807, 2.05) is 18.7 Å². The predicted octanol–water partition coefficient (Wildman–Crippen LogP) is 3.01. The van der Waals surface area contributed by atoms with Gasteiger partial charge in [0.25, 0.3) is 0 Å². The van der Waals surface area contributed by atoms with E-state index in [-0.39, 0.29) is 5.54 Å². The van der Waals surface area contributed by atoms with Crippen LogP contribution in [0.5, 0.6) is 0 Å². The molecule has 3 nitrogen and oxygen atoms in total. The maximum atomic E-state index is 6.21. The van der Waals surface area contributed by atoms with Crippen LogP contribution in [0.2, 0.25) is 0 Å². The van der Waals surface area contributed by atoms with Gasteiger partial charge >= 0.3 is 0 Å². The van der Waals surface area contributed by atoms with Crippen molar-refractivity contribution in [3.63, 3.8) is 0 Å². The molecule has 0 bridgehead atoms. The van der Waals surface area contributed by atoms with Crippen LogP contribution in [-0.2, 0) is 13.6 Å². The molecule has 0 amide bonds. The zero-order chi connectivity index (χ0) is 13.2. The third-order valence-electron chi connectivity index (χ3n) is 4.23. The topological polar surface area (TPSA) is 29.9 Å². The highest BCUT2D eigenvalue weighted by molar-refractivity contribution is 6.18. The Balaban J connectivity index is 1.97. The second kappa shape index (κ2) is 5.62. The van der Waals surface area contributed by atoms with Gasteiger partial charge in [-0.2, -0.15) is 5.10 Å². The first-order valence-electron chi connectivity index (χ1n) is 6.85. The summed E-state index contributed by atoms with van der Waals surface area (Å²) in [6, 6.07) is 2.14. The molecule has 1 aromatic rings. The first-order valence-corrected chi connectivity index (χ1v) is 7.39. The minimum atomic E-state index is 0.131. The Kier molecular flexibility index (Phi) is 4.33. The Bertz CT molecular complexity index is 392. The zero-order valence-electron chi connectivity index (χ0n) is 11.7. The van der Waals surface area contributed by atoms with Crippen molar-refractivity contribution in [1.29, 1.82) is 0 Å². The number of halogens is 1. The maximum Gasteiger partial charge on any atom is 0.0597 e. The van der Waals surface area contributed by atoms with Crippen LogP contribution in [0, 0.1) is 12.8 Å². The SMILES string of the molecule is Cc1cc(CNC2(CCl)CCC(C)CC2)n(C)n1. The van der Waals surface area contributed by atoms with E-state index < -0.39 is 0 Å². The van der Waals surface area contributed by atoms with Gasteiger partial charge in [-0.15, -0.1) is 11.6 Å². The number of aryl methyl sites for hydroxylation is 2. The van der Waals surface area contributed by atoms with Crippen molar-refractivity contribution in [2.24, 2.45) is 13.0 Å². The van der Waals surface area contributed by atoms with Gasteiger partial charge in [-0.05, 0) is 44.6 Å². The molecule has 0 saturated heterocycles. The summed E-state index contributed by atoms with van der Waals surface area (Å²) in [7, 11) is 2.00. The van der Waals surface area contributed by atoms with E-state index in [0.717, 1.165) is 18.2 Å². The lowest BCUT2D eigenvalue weighted by Gasteiger charge is -2.39. The van der Waals surface area contributed by atoms with Crippen molar-refractivity contribution in [1.82, 2.24) is 15.1 Å². The van der Waals surface area contributed by atoms with Crippen LogP contribution in [0.25, 0.3) is 0 Å². The van der Waals surface area contributed by atoms with Crippen molar-refractivity contribution < 1.29 is 0 Å². The Morgan fingerprint density at radius 2 is 2.17 bits per heavy atom. The summed E-state index contributed by atoms with van der Waals surface area (Å²) >= 11 is 6.21. The molecule has 0 atom stereocenters. The normalized spacial score (nSPS) is 28.6. The van der Waals surface area contributed by atoms with Crippen LogP contribution < -0.4 is 5.32 Å². The van der Waals surface area contributed by atoms with Crippen molar-refractivity contribution in [3.05, 3.63) is 17.5 Å². The molecule has 1 N–H and O–H groups in total. The Hall–Kier alpha value is -0.540. The maximum absolute atomic E-state index is 6.21. The van der Waals surface area contributed by atoms with E-state index in [2.05, 4.69) is 23.4 Å². The number of hydrogen-bond donors (Lipinski definition) is 1. The molecule has 0 aromatic carbocycles. The first-order chi connectivity index (χ1) is 8.54. The monoisotopic (exact) mass is 269 g/mol. The van der Waals surface area contributed by atoms with E-state index in [1.165, 1.54) is 31.4 Å². The second-order valence-corrected chi connectivity index (χ2v) is 6.12. The zero-order valence-corrected chi connectivity index (χ0v) is 12.4. The highest BCUT2D eigenvalue weighted by atomic mass is 35.5. The summed E-state index contributed by atoms with van der Waals surface area (Å²) < 4.78 is 1.95. The summed E-state index contributed by atoms with van der Waals surface area (Å²) in [5.74, 6) is 1.55. The van der Waals surface area contributed by atoms with Gasteiger partial charge in [0.2, 0.25) is 0 Å². The molecule has 1 fully saturated rings. The summed E-state index contributed by atoms with van der Waals surface area (Å²) in [5, 5.41) is 8.06. The molecule has 0 radical (unpaired) electrons. The molecular formula is C14H24ClN3. The highest BCUT2D eigenvalue weighted by Crippen LogP contribution is 2.33. The molecule has 102 valence electrons. The summed E-state index contributed by atoms with van der Waals surface area (Å²) in [6.07, 6.45) is 4.94. The number of nitrogens with one attached hydrogen (secondary N) is 1. The van der Waals surface area contributed by atoms with Gasteiger partial charge < -0.3 is 5.32 Å². The minimum absolute atomic E-state index is 0.131. The van der Waals surface area contributed by atoms with Crippen LogP contribution >= 0.6 is 11.6 Å². The fourth-order valence-corrected chi connectivity index (χ4v) is 3.14. The van der Waals surface area contributed by atoms with Crippen molar-refractivity contribution in [2.75, 3.05) is 5.88 Å².